The Balaban J connectivity index is 1.42. The van der Waals surface area contributed by atoms with Crippen LogP contribution in [0.15, 0.2) is 71.9 Å². The molecule has 2 aliphatic rings. The zero-order chi connectivity index (χ0) is 21.9. The Hall–Kier alpha value is -2.76. The van der Waals surface area contributed by atoms with Crippen molar-refractivity contribution in [1.29, 1.82) is 0 Å². The lowest BCUT2D eigenvalue weighted by atomic mass is 9.99. The van der Waals surface area contributed by atoms with E-state index in [0.717, 1.165) is 47.2 Å². The summed E-state index contributed by atoms with van der Waals surface area (Å²) in [5.41, 5.74) is 5.22. The Labute approximate surface area is 196 Å². The van der Waals surface area contributed by atoms with Crippen molar-refractivity contribution in [1.82, 2.24) is 9.55 Å². The summed E-state index contributed by atoms with van der Waals surface area (Å²) in [6.07, 6.45) is 7.58. The minimum Gasteiger partial charge on any atom is -0.338 e. The lowest BCUT2D eigenvalue weighted by molar-refractivity contribution is -0.120. The van der Waals surface area contributed by atoms with Crippen molar-refractivity contribution in [3.8, 4) is 0 Å². The summed E-state index contributed by atoms with van der Waals surface area (Å²) in [6.45, 7) is 1.26. The maximum Gasteiger partial charge on any atom is 0.238 e. The number of aromatic nitrogens is 2. The number of carbonyl (C=O) groups excluding carboxylic acids is 1. The van der Waals surface area contributed by atoms with Gasteiger partial charge in [-0.2, -0.15) is 0 Å². The van der Waals surface area contributed by atoms with Crippen LogP contribution in [-0.4, -0.2) is 21.7 Å². The first kappa shape index (κ1) is 19.9. The number of halogens is 1. The molecule has 0 bridgehead atoms. The highest BCUT2D eigenvalue weighted by Crippen LogP contribution is 2.57. The van der Waals surface area contributed by atoms with Crippen LogP contribution in [0.2, 0.25) is 5.02 Å². The molecule has 2 aromatic heterocycles. The van der Waals surface area contributed by atoms with Gasteiger partial charge in [0.25, 0.3) is 0 Å². The molecule has 160 valence electrons. The number of pyridine rings is 1. The van der Waals surface area contributed by atoms with E-state index in [1.165, 1.54) is 10.5 Å². The summed E-state index contributed by atoms with van der Waals surface area (Å²) in [5.74, 6) is 0.208. The first-order valence-electron chi connectivity index (χ1n) is 10.8. The molecule has 1 aliphatic heterocycles. The van der Waals surface area contributed by atoms with Gasteiger partial charge in [0.2, 0.25) is 5.91 Å². The van der Waals surface area contributed by atoms with Gasteiger partial charge in [-0.05, 0) is 72.7 Å². The first-order valence-corrected chi connectivity index (χ1v) is 12.4. The molecule has 1 fully saturated rings. The fourth-order valence-corrected chi connectivity index (χ4v) is 5.53. The number of carbonyl (C=O) groups is 1. The van der Waals surface area contributed by atoms with Crippen molar-refractivity contribution in [3.63, 3.8) is 0 Å². The van der Waals surface area contributed by atoms with Crippen molar-refractivity contribution in [2.75, 3.05) is 11.2 Å². The van der Waals surface area contributed by atoms with E-state index >= 15 is 0 Å². The molecular weight excluding hydrogens is 438 g/mol. The Morgan fingerprint density at radius 1 is 1.06 bits per heavy atom. The highest BCUT2D eigenvalue weighted by Gasteiger charge is 2.59. The van der Waals surface area contributed by atoms with Crippen LogP contribution in [-0.2, 0) is 23.3 Å². The van der Waals surface area contributed by atoms with Crippen molar-refractivity contribution >= 4 is 45.9 Å². The molecule has 0 N–H and O–H groups in total. The number of benzene rings is 2. The van der Waals surface area contributed by atoms with Gasteiger partial charge in [-0.1, -0.05) is 23.7 Å². The van der Waals surface area contributed by atoms with E-state index in [4.69, 9.17) is 11.6 Å². The third kappa shape index (κ3) is 3.06. The molecule has 1 amide bonds. The average Bonchev–Trinajstić information content (AvgIpc) is 3.51. The highest BCUT2D eigenvalue weighted by molar-refractivity contribution is 7.98. The Kier molecular flexibility index (Phi) is 4.60. The molecule has 4 aromatic rings. The van der Waals surface area contributed by atoms with Gasteiger partial charge in [0.05, 0.1) is 23.8 Å². The van der Waals surface area contributed by atoms with Gasteiger partial charge in [0, 0.05) is 39.3 Å². The Morgan fingerprint density at radius 3 is 2.62 bits per heavy atom. The number of amides is 1. The van der Waals surface area contributed by atoms with Crippen LogP contribution in [0.4, 0.5) is 5.69 Å². The molecule has 6 rings (SSSR count). The minimum atomic E-state index is -0.313. The number of nitrogens with zero attached hydrogens (tertiary/aromatic N) is 3. The van der Waals surface area contributed by atoms with Gasteiger partial charge in [-0.15, -0.1) is 11.8 Å². The maximum absolute atomic E-state index is 13.4. The lowest BCUT2D eigenvalue weighted by Crippen LogP contribution is -2.32. The predicted octanol–water partition coefficient (Wildman–Crippen LogP) is 6.04. The quantitative estimate of drug-likeness (QED) is 0.341. The molecule has 0 atom stereocenters. The summed E-state index contributed by atoms with van der Waals surface area (Å²) < 4.78 is 2.31. The van der Waals surface area contributed by atoms with Crippen LogP contribution in [0.3, 0.4) is 0 Å². The van der Waals surface area contributed by atoms with E-state index in [9.17, 15) is 4.79 Å². The lowest BCUT2D eigenvalue weighted by Gasteiger charge is -2.20. The van der Waals surface area contributed by atoms with Crippen LogP contribution < -0.4 is 4.90 Å². The number of anilines is 1. The second-order valence-corrected chi connectivity index (χ2v) is 9.96. The van der Waals surface area contributed by atoms with Crippen molar-refractivity contribution in [3.05, 3.63) is 88.8 Å². The van der Waals surface area contributed by atoms with Gasteiger partial charge in [-0.3, -0.25) is 9.78 Å². The predicted molar refractivity (Wildman–Crippen MR) is 131 cm³/mol. The van der Waals surface area contributed by atoms with Crippen molar-refractivity contribution in [2.45, 2.75) is 36.2 Å². The normalized spacial score (nSPS) is 16.2. The van der Waals surface area contributed by atoms with Gasteiger partial charge in [0.1, 0.15) is 0 Å². The summed E-state index contributed by atoms with van der Waals surface area (Å²) in [4.78, 5) is 20.9. The van der Waals surface area contributed by atoms with Gasteiger partial charge >= 0.3 is 0 Å². The van der Waals surface area contributed by atoms with Gasteiger partial charge in [0.15, 0.2) is 0 Å². The van der Waals surface area contributed by atoms with E-state index in [1.54, 1.807) is 18.0 Å². The van der Waals surface area contributed by atoms with E-state index in [1.807, 2.05) is 29.3 Å². The van der Waals surface area contributed by atoms with Gasteiger partial charge in [-0.25, -0.2) is 0 Å². The molecule has 6 heteroatoms. The van der Waals surface area contributed by atoms with Crippen molar-refractivity contribution < 1.29 is 4.79 Å². The zero-order valence-electron chi connectivity index (χ0n) is 17.7. The second-order valence-electron chi connectivity index (χ2n) is 8.64. The fraction of sp³-hybridized carbons (Fsp3) is 0.231. The maximum atomic E-state index is 13.4. The summed E-state index contributed by atoms with van der Waals surface area (Å²) >= 11 is 8.04. The minimum absolute atomic E-state index is 0.208. The average molecular weight is 460 g/mol. The second kappa shape index (κ2) is 7.39. The summed E-state index contributed by atoms with van der Waals surface area (Å²) in [7, 11) is 0. The topological polar surface area (TPSA) is 38.1 Å². The molecule has 0 radical (unpaired) electrons. The molecule has 32 heavy (non-hydrogen) atoms. The third-order valence-corrected chi connectivity index (χ3v) is 7.76. The SMILES string of the molecule is CSc1ccc(Cn2c(CN3C(=O)C4(CC4)c4ccncc43)cc3cc(Cl)ccc32)cc1. The number of thioether (sulfide) groups is 1. The molecule has 4 nitrogen and oxygen atoms in total. The molecule has 2 aromatic carbocycles. The van der Waals surface area contributed by atoms with Crippen LogP contribution in [0.1, 0.15) is 29.7 Å². The van der Waals surface area contributed by atoms with Crippen LogP contribution in [0.25, 0.3) is 10.9 Å². The van der Waals surface area contributed by atoms with E-state index < -0.39 is 0 Å². The van der Waals surface area contributed by atoms with Crippen molar-refractivity contribution in [2.24, 2.45) is 0 Å². The molecular formula is C26H22ClN3OS. The third-order valence-electron chi connectivity index (χ3n) is 6.78. The Morgan fingerprint density at radius 2 is 1.88 bits per heavy atom. The number of hydrogen-bond donors (Lipinski definition) is 0. The van der Waals surface area contributed by atoms with Crippen LogP contribution in [0.5, 0.6) is 0 Å². The molecule has 3 heterocycles. The molecule has 0 unspecified atom stereocenters. The smallest absolute Gasteiger partial charge is 0.238 e. The zero-order valence-corrected chi connectivity index (χ0v) is 19.3. The van der Waals surface area contributed by atoms with Crippen LogP contribution in [0, 0.1) is 0 Å². The van der Waals surface area contributed by atoms with E-state index in [2.05, 4.69) is 52.2 Å². The number of hydrogen-bond acceptors (Lipinski definition) is 3. The molecule has 1 spiro atoms. The molecule has 0 saturated heterocycles. The first-order chi connectivity index (χ1) is 15.6. The fourth-order valence-electron chi connectivity index (χ4n) is 4.95. The number of rotatable bonds is 5. The standard InChI is InChI=1S/C26H22ClN3OS/c1-32-21-5-2-17(3-6-21)15-29-20(13-18-12-19(27)4-7-23(18)29)16-30-24-14-28-11-8-22(24)26(9-10-26)25(30)31/h2-8,11-14H,9-10,15-16H2,1H3. The largest absolute Gasteiger partial charge is 0.338 e. The van der Waals surface area contributed by atoms with E-state index in [0.29, 0.717) is 11.6 Å². The molecule has 1 aliphatic carbocycles. The highest BCUT2D eigenvalue weighted by atomic mass is 35.5. The molecule has 1 saturated carbocycles. The van der Waals surface area contributed by atoms with Gasteiger partial charge < -0.3 is 9.47 Å². The number of fused-ring (bicyclic) bond motifs is 3. The summed E-state index contributed by atoms with van der Waals surface area (Å²) in [6, 6.07) is 18.9. The monoisotopic (exact) mass is 459 g/mol. The Bertz CT molecular complexity index is 1360. The van der Waals surface area contributed by atoms with Crippen LogP contribution >= 0.6 is 23.4 Å². The van der Waals surface area contributed by atoms with E-state index in [-0.39, 0.29) is 11.3 Å². The summed E-state index contributed by atoms with van der Waals surface area (Å²) in [5, 5.41) is 1.81.